The van der Waals surface area contributed by atoms with Crippen LogP contribution in [-0.4, -0.2) is 67.7 Å². The van der Waals surface area contributed by atoms with Crippen LogP contribution < -0.4 is 21.3 Å². The zero-order valence-corrected chi connectivity index (χ0v) is 21.0. The van der Waals surface area contributed by atoms with E-state index in [2.05, 4.69) is 21.3 Å². The van der Waals surface area contributed by atoms with Crippen molar-refractivity contribution in [3.05, 3.63) is 35.3 Å². The molecule has 3 rings (SSSR count). The molecule has 36 heavy (non-hydrogen) atoms. The minimum atomic E-state index is -1.39. The minimum absolute atomic E-state index is 0.151. The van der Waals surface area contributed by atoms with Gasteiger partial charge in [-0.05, 0) is 46.4 Å². The Morgan fingerprint density at radius 1 is 1.14 bits per heavy atom. The van der Waals surface area contributed by atoms with Crippen LogP contribution in [-0.2, 0) is 15.1 Å². The van der Waals surface area contributed by atoms with E-state index in [1.165, 1.54) is 12.1 Å². The highest BCUT2D eigenvalue weighted by Crippen LogP contribution is 2.34. The Morgan fingerprint density at radius 3 is 2.39 bits per heavy atom. The SMILES string of the molecule is CC[C@@]1(c2cc3cc(C(=O)NCCN(C)CCNC(=O)OC(C)(C)C)c(F)cc3o2)NC(=O)NC1=O. The average Bonchev–Trinajstić information content (AvgIpc) is 3.31. The Hall–Kier alpha value is -3.67. The predicted octanol–water partition coefficient (Wildman–Crippen LogP) is 2.20. The van der Waals surface area contributed by atoms with Crippen molar-refractivity contribution in [2.24, 2.45) is 0 Å². The number of carbonyl (C=O) groups is 4. The van der Waals surface area contributed by atoms with Crippen molar-refractivity contribution < 1.29 is 32.7 Å². The molecule has 1 aromatic carbocycles. The first-order valence-electron chi connectivity index (χ1n) is 11.7. The van der Waals surface area contributed by atoms with E-state index < -0.39 is 40.9 Å². The Balaban J connectivity index is 1.57. The molecule has 0 unspecified atom stereocenters. The summed E-state index contributed by atoms with van der Waals surface area (Å²) in [4.78, 5) is 50.2. The van der Waals surface area contributed by atoms with Gasteiger partial charge in [0.25, 0.3) is 11.8 Å². The first-order chi connectivity index (χ1) is 16.8. The number of amides is 5. The smallest absolute Gasteiger partial charge is 0.407 e. The lowest BCUT2D eigenvalue weighted by atomic mass is 9.93. The number of fused-ring (bicyclic) bond motifs is 1. The fraction of sp³-hybridized carbons (Fsp3) is 0.500. The van der Waals surface area contributed by atoms with Gasteiger partial charge < -0.3 is 30.0 Å². The summed E-state index contributed by atoms with van der Waals surface area (Å²) < 4.78 is 25.5. The molecular formula is C24H32FN5O6. The lowest BCUT2D eigenvalue weighted by Gasteiger charge is -2.21. The zero-order valence-electron chi connectivity index (χ0n) is 21.0. The van der Waals surface area contributed by atoms with Crippen molar-refractivity contribution in [1.29, 1.82) is 0 Å². The highest BCUT2D eigenvalue weighted by molar-refractivity contribution is 6.07. The molecule has 4 N–H and O–H groups in total. The van der Waals surface area contributed by atoms with E-state index in [1.807, 2.05) is 11.9 Å². The number of hydrogen-bond donors (Lipinski definition) is 4. The lowest BCUT2D eigenvalue weighted by molar-refractivity contribution is -0.125. The van der Waals surface area contributed by atoms with Crippen molar-refractivity contribution in [2.45, 2.75) is 45.3 Å². The molecule has 196 valence electrons. The Morgan fingerprint density at radius 2 is 1.81 bits per heavy atom. The monoisotopic (exact) mass is 505 g/mol. The highest BCUT2D eigenvalue weighted by atomic mass is 19.1. The van der Waals surface area contributed by atoms with Crippen LogP contribution in [0, 0.1) is 5.82 Å². The topological polar surface area (TPSA) is 142 Å². The van der Waals surface area contributed by atoms with E-state index in [4.69, 9.17) is 9.15 Å². The molecule has 1 fully saturated rings. The van der Waals surface area contributed by atoms with Gasteiger partial charge in [0.05, 0.1) is 5.56 Å². The van der Waals surface area contributed by atoms with Crippen LogP contribution >= 0.6 is 0 Å². The molecule has 0 saturated carbocycles. The van der Waals surface area contributed by atoms with E-state index in [0.717, 1.165) is 6.07 Å². The number of carbonyl (C=O) groups excluding carboxylic acids is 4. The number of imide groups is 1. The molecule has 0 radical (unpaired) electrons. The van der Waals surface area contributed by atoms with Crippen LogP contribution in [0.25, 0.3) is 11.0 Å². The highest BCUT2D eigenvalue weighted by Gasteiger charge is 2.49. The lowest BCUT2D eigenvalue weighted by Crippen LogP contribution is -2.42. The van der Waals surface area contributed by atoms with Crippen LogP contribution in [0.1, 0.15) is 50.2 Å². The number of halogens is 1. The fourth-order valence-electron chi connectivity index (χ4n) is 3.77. The van der Waals surface area contributed by atoms with Gasteiger partial charge in [0.15, 0.2) is 5.54 Å². The average molecular weight is 506 g/mol. The van der Waals surface area contributed by atoms with E-state index in [9.17, 15) is 23.6 Å². The number of likely N-dealkylation sites (N-methyl/N-ethyl adjacent to an activating group) is 1. The van der Waals surface area contributed by atoms with Crippen molar-refractivity contribution in [3.8, 4) is 0 Å². The summed E-state index contributed by atoms with van der Waals surface area (Å²) in [5.74, 6) is -1.78. The molecule has 12 heteroatoms. The molecule has 0 aliphatic carbocycles. The number of furan rings is 1. The van der Waals surface area contributed by atoms with E-state index in [1.54, 1.807) is 27.7 Å². The zero-order chi connectivity index (χ0) is 26.7. The number of alkyl carbamates (subject to hydrolysis) is 1. The molecule has 0 bridgehead atoms. The molecule has 1 saturated heterocycles. The van der Waals surface area contributed by atoms with Crippen molar-refractivity contribution in [3.63, 3.8) is 0 Å². The quantitative estimate of drug-likeness (QED) is 0.383. The maximum atomic E-state index is 14.7. The summed E-state index contributed by atoms with van der Waals surface area (Å²) in [6.45, 7) is 8.66. The standard InChI is InChI=1S/C24H32FN5O6/c1-6-24(20(32)28-21(33)29-24)18-12-14-11-15(16(25)13-17(14)35-18)19(31)26-7-9-30(5)10-8-27-22(34)36-23(2,3)4/h11-13H,6-10H2,1-5H3,(H,26,31)(H,27,34)(H2,28,29,32,33)/t24-/m0/s1. The molecule has 1 aromatic heterocycles. The van der Waals surface area contributed by atoms with Crippen LogP contribution in [0.3, 0.4) is 0 Å². The van der Waals surface area contributed by atoms with Gasteiger partial charge in [-0.2, -0.15) is 0 Å². The summed E-state index contributed by atoms with van der Waals surface area (Å²) in [6, 6.07) is 3.31. The van der Waals surface area contributed by atoms with E-state index >= 15 is 0 Å². The first-order valence-corrected chi connectivity index (χ1v) is 11.7. The van der Waals surface area contributed by atoms with Gasteiger partial charge >= 0.3 is 12.1 Å². The Bertz CT molecular complexity index is 1170. The summed E-state index contributed by atoms with van der Waals surface area (Å²) in [5.41, 5.74) is -1.99. The summed E-state index contributed by atoms with van der Waals surface area (Å²) >= 11 is 0. The van der Waals surface area contributed by atoms with Crippen LogP contribution in [0.5, 0.6) is 0 Å². The molecule has 11 nitrogen and oxygen atoms in total. The van der Waals surface area contributed by atoms with Crippen LogP contribution in [0.4, 0.5) is 14.0 Å². The Kier molecular flexibility index (Phi) is 7.87. The maximum Gasteiger partial charge on any atom is 0.407 e. The third-order valence-corrected chi connectivity index (χ3v) is 5.68. The van der Waals surface area contributed by atoms with Gasteiger partial charge in [0.2, 0.25) is 0 Å². The van der Waals surface area contributed by atoms with E-state index in [-0.39, 0.29) is 29.9 Å². The van der Waals surface area contributed by atoms with Crippen LogP contribution in [0.2, 0.25) is 0 Å². The molecule has 5 amide bonds. The maximum absolute atomic E-state index is 14.7. The number of nitrogens with one attached hydrogen (secondary N) is 4. The van der Waals surface area contributed by atoms with Gasteiger partial charge in [0, 0.05) is 37.6 Å². The molecule has 1 aliphatic rings. The number of ether oxygens (including phenoxy) is 1. The first kappa shape index (κ1) is 26.9. The third kappa shape index (κ3) is 6.11. The van der Waals surface area contributed by atoms with Crippen molar-refractivity contribution in [2.75, 3.05) is 33.2 Å². The van der Waals surface area contributed by atoms with Gasteiger partial charge in [-0.25, -0.2) is 14.0 Å². The van der Waals surface area contributed by atoms with E-state index in [0.29, 0.717) is 25.0 Å². The molecule has 1 aliphatic heterocycles. The number of urea groups is 1. The molecule has 0 spiro atoms. The molecule has 2 aromatic rings. The number of rotatable bonds is 9. The van der Waals surface area contributed by atoms with Crippen LogP contribution in [0.15, 0.2) is 22.6 Å². The van der Waals surface area contributed by atoms with Crippen molar-refractivity contribution in [1.82, 2.24) is 26.2 Å². The summed E-state index contributed by atoms with van der Waals surface area (Å²) in [6.07, 6.45) is -0.278. The largest absolute Gasteiger partial charge is 0.458 e. The van der Waals surface area contributed by atoms with Gasteiger partial charge in [-0.3, -0.25) is 14.9 Å². The normalized spacial score (nSPS) is 17.8. The molecular weight excluding hydrogens is 473 g/mol. The van der Waals surface area contributed by atoms with Gasteiger partial charge in [-0.15, -0.1) is 0 Å². The van der Waals surface area contributed by atoms with Crippen molar-refractivity contribution >= 4 is 34.9 Å². The fourth-order valence-corrected chi connectivity index (χ4v) is 3.77. The second kappa shape index (κ2) is 10.5. The third-order valence-electron chi connectivity index (χ3n) is 5.68. The minimum Gasteiger partial charge on any atom is -0.458 e. The predicted molar refractivity (Wildman–Crippen MR) is 129 cm³/mol. The number of hydrogen-bond acceptors (Lipinski definition) is 7. The van der Waals surface area contributed by atoms with Gasteiger partial charge in [-0.1, -0.05) is 6.92 Å². The molecule has 2 heterocycles. The van der Waals surface area contributed by atoms with Gasteiger partial charge in [0.1, 0.15) is 22.8 Å². The summed E-state index contributed by atoms with van der Waals surface area (Å²) in [5, 5.41) is 10.5. The Labute approximate surface area is 208 Å². The second-order valence-corrected chi connectivity index (χ2v) is 9.64. The second-order valence-electron chi connectivity index (χ2n) is 9.64. The molecule has 1 atom stereocenters. The number of nitrogens with zero attached hydrogens (tertiary/aromatic N) is 1. The number of benzene rings is 1. The summed E-state index contributed by atoms with van der Waals surface area (Å²) in [7, 11) is 1.82.